The smallest absolute Gasteiger partial charge is 0.123 e. The van der Waals surface area contributed by atoms with E-state index in [1.165, 1.54) is 0 Å². The molecule has 1 aromatic carbocycles. The van der Waals surface area contributed by atoms with Crippen LogP contribution in [0, 0.1) is 5.92 Å². The van der Waals surface area contributed by atoms with Crippen molar-refractivity contribution in [2.24, 2.45) is 11.7 Å². The van der Waals surface area contributed by atoms with E-state index in [9.17, 15) is 5.11 Å². The first-order valence-electron chi connectivity index (χ1n) is 6.38. The van der Waals surface area contributed by atoms with Crippen LogP contribution in [-0.2, 0) is 11.2 Å². The van der Waals surface area contributed by atoms with Crippen molar-refractivity contribution in [3.63, 3.8) is 0 Å². The summed E-state index contributed by atoms with van der Waals surface area (Å²) in [5, 5.41) is 10.2. The molecule has 102 valence electrons. The quantitative estimate of drug-likeness (QED) is 0.889. The summed E-state index contributed by atoms with van der Waals surface area (Å²) >= 11 is 0. The van der Waals surface area contributed by atoms with E-state index in [0.29, 0.717) is 11.7 Å². The van der Waals surface area contributed by atoms with Crippen molar-refractivity contribution in [2.75, 3.05) is 13.2 Å². The van der Waals surface area contributed by atoms with Gasteiger partial charge in [-0.15, -0.1) is 12.4 Å². The van der Waals surface area contributed by atoms with Crippen molar-refractivity contribution < 1.29 is 9.84 Å². The Labute approximate surface area is 115 Å². The summed E-state index contributed by atoms with van der Waals surface area (Å²) in [6, 6.07) is 5.79. The van der Waals surface area contributed by atoms with Crippen LogP contribution in [0.15, 0.2) is 18.2 Å². The van der Waals surface area contributed by atoms with Crippen LogP contribution in [0.25, 0.3) is 0 Å². The van der Waals surface area contributed by atoms with Crippen LogP contribution < -0.4 is 5.73 Å². The van der Waals surface area contributed by atoms with Gasteiger partial charge in [-0.1, -0.05) is 25.1 Å². The summed E-state index contributed by atoms with van der Waals surface area (Å²) in [6.07, 6.45) is 2.80. The standard InChI is InChI=1S/C14H21NO2.ClH/c1-2-10-4-3-5-12(14(10)16)13(15)11-6-8-17-9-7-11;/h3-5,11,13,16H,2,6-9,15H2,1H3;1H/t13-;/m0./s1. The van der Waals surface area contributed by atoms with E-state index in [2.05, 4.69) is 0 Å². The molecule has 1 heterocycles. The van der Waals surface area contributed by atoms with Crippen molar-refractivity contribution in [1.82, 2.24) is 0 Å². The lowest BCUT2D eigenvalue weighted by Gasteiger charge is -2.28. The van der Waals surface area contributed by atoms with Crippen LogP contribution >= 0.6 is 12.4 Å². The summed E-state index contributed by atoms with van der Waals surface area (Å²) in [5.41, 5.74) is 8.14. The highest BCUT2D eigenvalue weighted by Crippen LogP contribution is 2.34. The van der Waals surface area contributed by atoms with Crippen LogP contribution in [0.2, 0.25) is 0 Å². The molecule has 0 aromatic heterocycles. The molecule has 18 heavy (non-hydrogen) atoms. The number of ether oxygens (including phenoxy) is 1. The number of hydrogen-bond donors (Lipinski definition) is 2. The van der Waals surface area contributed by atoms with E-state index < -0.39 is 0 Å². The maximum atomic E-state index is 10.2. The minimum absolute atomic E-state index is 0. The molecule has 1 aliphatic heterocycles. The van der Waals surface area contributed by atoms with Crippen molar-refractivity contribution in [1.29, 1.82) is 0 Å². The second kappa shape index (κ2) is 6.98. The molecule has 1 atom stereocenters. The zero-order valence-electron chi connectivity index (χ0n) is 10.8. The van der Waals surface area contributed by atoms with E-state index in [1.807, 2.05) is 25.1 Å². The van der Waals surface area contributed by atoms with Gasteiger partial charge in [0.15, 0.2) is 0 Å². The Kier molecular flexibility index (Phi) is 5.93. The Morgan fingerprint density at radius 3 is 2.67 bits per heavy atom. The second-order valence-corrected chi connectivity index (χ2v) is 4.68. The molecule has 1 fully saturated rings. The Hall–Kier alpha value is -0.770. The molecule has 0 radical (unpaired) electrons. The number of phenolic OH excluding ortho intramolecular Hbond substituents is 1. The van der Waals surface area contributed by atoms with Crippen molar-refractivity contribution in [2.45, 2.75) is 32.2 Å². The number of rotatable bonds is 3. The van der Waals surface area contributed by atoms with Gasteiger partial charge in [-0.2, -0.15) is 0 Å². The van der Waals surface area contributed by atoms with E-state index in [-0.39, 0.29) is 18.4 Å². The fourth-order valence-corrected chi connectivity index (χ4v) is 2.49. The van der Waals surface area contributed by atoms with Gasteiger partial charge in [-0.3, -0.25) is 0 Å². The lowest BCUT2D eigenvalue weighted by molar-refractivity contribution is 0.0581. The summed E-state index contributed by atoms with van der Waals surface area (Å²) in [4.78, 5) is 0. The van der Waals surface area contributed by atoms with Gasteiger partial charge in [-0.05, 0) is 30.7 Å². The van der Waals surface area contributed by atoms with Crippen molar-refractivity contribution in [3.8, 4) is 5.75 Å². The van der Waals surface area contributed by atoms with Gasteiger partial charge in [0.25, 0.3) is 0 Å². The third-order valence-electron chi connectivity index (χ3n) is 3.66. The molecule has 1 aliphatic rings. The lowest BCUT2D eigenvalue weighted by Crippen LogP contribution is -2.27. The normalized spacial score (nSPS) is 18.1. The summed E-state index contributed by atoms with van der Waals surface area (Å²) in [6.45, 7) is 3.61. The maximum Gasteiger partial charge on any atom is 0.123 e. The van der Waals surface area contributed by atoms with Gasteiger partial charge in [0, 0.05) is 24.8 Å². The van der Waals surface area contributed by atoms with Gasteiger partial charge in [0.05, 0.1) is 0 Å². The van der Waals surface area contributed by atoms with Gasteiger partial charge >= 0.3 is 0 Å². The van der Waals surface area contributed by atoms with Gasteiger partial charge in [0.1, 0.15) is 5.75 Å². The molecule has 0 amide bonds. The molecule has 1 saturated heterocycles. The summed E-state index contributed by atoms with van der Waals surface area (Å²) in [7, 11) is 0. The zero-order valence-corrected chi connectivity index (χ0v) is 11.6. The number of hydrogen-bond acceptors (Lipinski definition) is 3. The number of para-hydroxylation sites is 1. The first-order chi connectivity index (χ1) is 8.24. The topological polar surface area (TPSA) is 55.5 Å². The van der Waals surface area contributed by atoms with Crippen molar-refractivity contribution >= 4 is 12.4 Å². The fourth-order valence-electron chi connectivity index (χ4n) is 2.49. The minimum Gasteiger partial charge on any atom is -0.507 e. The van der Waals surface area contributed by atoms with Gasteiger partial charge in [0.2, 0.25) is 0 Å². The highest BCUT2D eigenvalue weighted by molar-refractivity contribution is 5.85. The Bertz CT molecular complexity index is 378. The summed E-state index contributed by atoms with van der Waals surface area (Å²) in [5.74, 6) is 0.802. The molecular weight excluding hydrogens is 250 g/mol. The van der Waals surface area contributed by atoms with E-state index in [1.54, 1.807) is 0 Å². The predicted octanol–water partition coefficient (Wildman–Crippen LogP) is 2.80. The molecule has 3 nitrogen and oxygen atoms in total. The largest absolute Gasteiger partial charge is 0.507 e. The molecule has 0 aliphatic carbocycles. The van der Waals surface area contributed by atoms with E-state index in [4.69, 9.17) is 10.5 Å². The number of benzene rings is 1. The molecule has 3 N–H and O–H groups in total. The van der Waals surface area contributed by atoms with E-state index in [0.717, 1.165) is 43.6 Å². The van der Waals surface area contributed by atoms with Gasteiger partial charge in [-0.25, -0.2) is 0 Å². The maximum absolute atomic E-state index is 10.2. The Morgan fingerprint density at radius 1 is 1.39 bits per heavy atom. The van der Waals surface area contributed by atoms with Crippen LogP contribution in [-0.4, -0.2) is 18.3 Å². The first kappa shape index (κ1) is 15.3. The van der Waals surface area contributed by atoms with Crippen molar-refractivity contribution in [3.05, 3.63) is 29.3 Å². The highest BCUT2D eigenvalue weighted by atomic mass is 35.5. The first-order valence-corrected chi connectivity index (χ1v) is 6.38. The SMILES string of the molecule is CCc1cccc([C@@H](N)C2CCOCC2)c1O.Cl. The second-order valence-electron chi connectivity index (χ2n) is 4.68. The summed E-state index contributed by atoms with van der Waals surface area (Å²) < 4.78 is 5.34. The average molecular weight is 272 g/mol. The van der Waals surface area contributed by atoms with E-state index >= 15 is 0 Å². The number of nitrogens with two attached hydrogens (primary N) is 1. The molecule has 2 rings (SSSR count). The number of halogens is 1. The lowest BCUT2D eigenvalue weighted by atomic mass is 9.86. The van der Waals surface area contributed by atoms with Crippen LogP contribution in [0.5, 0.6) is 5.75 Å². The van der Waals surface area contributed by atoms with Crippen LogP contribution in [0.3, 0.4) is 0 Å². The fraction of sp³-hybridized carbons (Fsp3) is 0.571. The van der Waals surface area contributed by atoms with Crippen LogP contribution in [0.4, 0.5) is 0 Å². The Morgan fingerprint density at radius 2 is 2.06 bits per heavy atom. The molecule has 4 heteroatoms. The third kappa shape index (κ3) is 3.16. The Balaban J connectivity index is 0.00000162. The molecule has 0 unspecified atom stereocenters. The monoisotopic (exact) mass is 271 g/mol. The number of aromatic hydroxyl groups is 1. The van der Waals surface area contributed by atoms with Gasteiger partial charge < -0.3 is 15.6 Å². The van der Waals surface area contributed by atoms with Crippen LogP contribution in [0.1, 0.15) is 36.9 Å². The average Bonchev–Trinajstić information content (AvgIpc) is 2.39. The number of aryl methyl sites for hydroxylation is 1. The highest BCUT2D eigenvalue weighted by Gasteiger charge is 2.24. The molecule has 0 saturated carbocycles. The molecular formula is C14H22ClNO2. The molecule has 0 spiro atoms. The zero-order chi connectivity index (χ0) is 12.3. The predicted molar refractivity (Wildman–Crippen MR) is 75.2 cm³/mol. The molecule has 0 bridgehead atoms. The third-order valence-corrected chi connectivity index (χ3v) is 3.66. The number of phenols is 1. The molecule has 1 aromatic rings. The minimum atomic E-state index is -0.0783.